The summed E-state index contributed by atoms with van der Waals surface area (Å²) in [6.45, 7) is 6.62. The highest BCUT2D eigenvalue weighted by Gasteiger charge is 2.40. The molecule has 0 radical (unpaired) electrons. The number of carbonyl (C=O) groups excluding carboxylic acids is 1. The van der Waals surface area contributed by atoms with Crippen LogP contribution in [0.4, 0.5) is 5.69 Å². The molecule has 39 heavy (non-hydrogen) atoms. The van der Waals surface area contributed by atoms with Gasteiger partial charge >= 0.3 is 5.97 Å². The minimum Gasteiger partial charge on any atom is -0.493 e. The number of hydrogen-bond donors (Lipinski definition) is 1. The molecule has 0 spiro atoms. The molecule has 1 aliphatic heterocycles. The normalized spacial score (nSPS) is 17.5. The van der Waals surface area contributed by atoms with Crippen molar-refractivity contribution in [1.82, 2.24) is 9.36 Å². The van der Waals surface area contributed by atoms with Crippen LogP contribution in [0.2, 0.25) is 5.02 Å². The second kappa shape index (κ2) is 12.1. The summed E-state index contributed by atoms with van der Waals surface area (Å²) in [5, 5.41) is 9.50. The Hall–Kier alpha value is -2.86. The molecule has 0 bridgehead atoms. The van der Waals surface area contributed by atoms with E-state index < -0.39 is 18.2 Å². The summed E-state index contributed by atoms with van der Waals surface area (Å²) in [5.41, 5.74) is 1.88. The Balaban J connectivity index is 1.82. The fourth-order valence-corrected chi connectivity index (χ4v) is 5.91. The molecule has 0 saturated carbocycles. The number of carbonyl (C=O) groups is 2. The first-order chi connectivity index (χ1) is 18.5. The zero-order valence-corrected chi connectivity index (χ0v) is 24.7. The number of hydrogen-bond acceptors (Lipinski definition) is 9. The number of amides is 1. The van der Waals surface area contributed by atoms with E-state index in [9.17, 15) is 9.59 Å². The van der Waals surface area contributed by atoms with Gasteiger partial charge in [0.2, 0.25) is 0 Å². The lowest BCUT2D eigenvalue weighted by atomic mass is 9.94. The van der Waals surface area contributed by atoms with Crippen LogP contribution < -0.4 is 14.4 Å². The molecule has 208 valence electrons. The van der Waals surface area contributed by atoms with Crippen molar-refractivity contribution in [3.8, 4) is 11.5 Å². The van der Waals surface area contributed by atoms with Crippen LogP contribution in [-0.2, 0) is 20.7 Å². The van der Waals surface area contributed by atoms with Crippen LogP contribution in [0.1, 0.15) is 43.8 Å². The summed E-state index contributed by atoms with van der Waals surface area (Å²) in [6.07, 6.45) is -1.55. The molecule has 1 aliphatic rings. The van der Waals surface area contributed by atoms with Crippen molar-refractivity contribution in [2.24, 2.45) is 5.41 Å². The molecule has 0 fully saturated rings. The summed E-state index contributed by atoms with van der Waals surface area (Å²) in [5.74, 6) is 0.131. The Morgan fingerprint density at radius 1 is 1.21 bits per heavy atom. The van der Waals surface area contributed by atoms with Gasteiger partial charge in [-0.25, -0.2) is 4.98 Å². The third-order valence-electron chi connectivity index (χ3n) is 5.89. The quantitative estimate of drug-likeness (QED) is 0.323. The molecule has 3 aromatic rings. The number of carboxylic acid groups (broad SMARTS) is 1. The average molecular weight is 592 g/mol. The second-order valence-electron chi connectivity index (χ2n) is 10.1. The van der Waals surface area contributed by atoms with Crippen LogP contribution in [0, 0.1) is 5.41 Å². The average Bonchev–Trinajstić information content (AvgIpc) is 3.30. The lowest BCUT2D eigenvalue weighted by Crippen LogP contribution is -2.44. The van der Waals surface area contributed by atoms with Gasteiger partial charge in [0, 0.05) is 34.8 Å². The monoisotopic (exact) mass is 591 g/mol. The summed E-state index contributed by atoms with van der Waals surface area (Å²) >= 11 is 8.66. The fraction of sp³-hybridized carbons (Fsp3) is 0.407. The van der Waals surface area contributed by atoms with E-state index >= 15 is 0 Å². The first-order valence-electron chi connectivity index (χ1n) is 12.1. The number of thioether (sulfide) groups is 1. The highest BCUT2D eigenvalue weighted by Crippen LogP contribution is 2.45. The van der Waals surface area contributed by atoms with E-state index in [1.54, 1.807) is 31.3 Å². The standard InChI is InChI=1S/C27H30ClN3O6S2/c1-27(2,3)14-31-18-10-9-15(28)11-17(18)23(16-7-6-8-19(35-4)24(16)36-5)37-20(25(31)34)12-21-29-26(39-30-21)38-13-22(32)33/h6-11,20,23H,12-14H2,1-5H3,(H,32,33)/t20-,23-/m1/s1. The topological polar surface area (TPSA) is 111 Å². The molecule has 0 aliphatic carbocycles. The Kier molecular flexibility index (Phi) is 9.05. The maximum absolute atomic E-state index is 14.1. The van der Waals surface area contributed by atoms with Gasteiger partial charge in [-0.05, 0) is 41.2 Å². The number of anilines is 1. The molecule has 2 aromatic carbocycles. The van der Waals surface area contributed by atoms with Gasteiger partial charge in [-0.3, -0.25) is 9.59 Å². The number of fused-ring (bicyclic) bond motifs is 1. The Labute approximate surface area is 240 Å². The van der Waals surface area contributed by atoms with Crippen molar-refractivity contribution >= 4 is 52.5 Å². The smallest absolute Gasteiger partial charge is 0.313 e. The molecule has 1 N–H and O–H groups in total. The van der Waals surface area contributed by atoms with Crippen LogP contribution in [0.25, 0.3) is 0 Å². The molecule has 1 aromatic heterocycles. The van der Waals surface area contributed by atoms with Gasteiger partial charge in [0.25, 0.3) is 5.91 Å². The fourth-order valence-electron chi connectivity index (χ4n) is 4.37. The van der Waals surface area contributed by atoms with Crippen LogP contribution >= 0.6 is 34.9 Å². The van der Waals surface area contributed by atoms with Crippen molar-refractivity contribution in [1.29, 1.82) is 0 Å². The van der Waals surface area contributed by atoms with E-state index in [2.05, 4.69) is 30.1 Å². The molecule has 9 nitrogen and oxygen atoms in total. The van der Waals surface area contributed by atoms with Crippen LogP contribution in [-0.4, -0.2) is 59.0 Å². The van der Waals surface area contributed by atoms with Gasteiger partial charge in [0.05, 0.1) is 20.0 Å². The number of carboxylic acids is 1. The summed E-state index contributed by atoms with van der Waals surface area (Å²) in [6, 6.07) is 10.9. The Morgan fingerprint density at radius 3 is 2.64 bits per heavy atom. The van der Waals surface area contributed by atoms with E-state index in [-0.39, 0.29) is 23.5 Å². The zero-order chi connectivity index (χ0) is 28.3. The number of methoxy groups -OCH3 is 2. The predicted molar refractivity (Wildman–Crippen MR) is 151 cm³/mol. The molecule has 0 saturated heterocycles. The van der Waals surface area contributed by atoms with Crippen LogP contribution in [0.15, 0.2) is 40.7 Å². The highest BCUT2D eigenvalue weighted by molar-refractivity contribution is 8.01. The lowest BCUT2D eigenvalue weighted by molar-refractivity contribution is -0.134. The van der Waals surface area contributed by atoms with Gasteiger partial charge in [0.15, 0.2) is 15.8 Å². The maximum Gasteiger partial charge on any atom is 0.313 e. The summed E-state index contributed by atoms with van der Waals surface area (Å²) in [4.78, 5) is 31.3. The number of para-hydroxylation sites is 1. The van der Waals surface area contributed by atoms with Crippen LogP contribution in [0.5, 0.6) is 11.5 Å². The molecular formula is C27H30ClN3O6S2. The summed E-state index contributed by atoms with van der Waals surface area (Å²) in [7, 11) is 3.12. The van der Waals surface area contributed by atoms with Gasteiger partial charge in [0.1, 0.15) is 18.0 Å². The number of aliphatic carboxylic acids is 1. The minimum atomic E-state index is -0.941. The number of nitrogens with zero attached hydrogens (tertiary/aromatic N) is 3. The van der Waals surface area contributed by atoms with E-state index in [1.165, 1.54) is 0 Å². The summed E-state index contributed by atoms with van der Waals surface area (Å²) < 4.78 is 22.8. The van der Waals surface area contributed by atoms with Gasteiger partial charge < -0.3 is 24.2 Å². The maximum atomic E-state index is 14.1. The molecule has 2 heterocycles. The predicted octanol–water partition coefficient (Wildman–Crippen LogP) is 5.50. The molecule has 0 unspecified atom stereocenters. The van der Waals surface area contributed by atoms with E-state index in [1.807, 2.05) is 24.3 Å². The van der Waals surface area contributed by atoms with Crippen molar-refractivity contribution in [3.63, 3.8) is 0 Å². The molecule has 12 heteroatoms. The minimum absolute atomic E-state index is 0.105. The van der Waals surface area contributed by atoms with Crippen molar-refractivity contribution in [2.75, 3.05) is 31.4 Å². The first-order valence-corrected chi connectivity index (χ1v) is 14.3. The lowest BCUT2D eigenvalue weighted by Gasteiger charge is -2.31. The first kappa shape index (κ1) is 29.1. The van der Waals surface area contributed by atoms with E-state index in [0.717, 1.165) is 28.9 Å². The number of ether oxygens (including phenoxy) is 3. The van der Waals surface area contributed by atoms with Gasteiger partial charge in [-0.2, -0.15) is 4.37 Å². The molecular weight excluding hydrogens is 562 g/mol. The largest absolute Gasteiger partial charge is 0.493 e. The van der Waals surface area contributed by atoms with Gasteiger partial charge in [-0.1, -0.05) is 56.3 Å². The zero-order valence-electron chi connectivity index (χ0n) is 22.3. The van der Waals surface area contributed by atoms with Crippen LogP contribution in [0.3, 0.4) is 0 Å². The number of aromatic nitrogens is 2. The van der Waals surface area contributed by atoms with E-state index in [0.29, 0.717) is 44.5 Å². The SMILES string of the molecule is COc1cccc([C@H]2O[C@H](Cc3nsc(SCC(=O)O)n3)C(=O)N(CC(C)(C)C)c3ccc(Cl)cc32)c1OC. The Morgan fingerprint density at radius 2 is 1.97 bits per heavy atom. The molecule has 2 atom stereocenters. The number of benzene rings is 2. The molecule has 4 rings (SSSR count). The van der Waals surface area contributed by atoms with E-state index in [4.69, 9.17) is 30.9 Å². The van der Waals surface area contributed by atoms with Crippen molar-refractivity contribution < 1.29 is 28.9 Å². The number of rotatable bonds is 9. The number of halogens is 1. The third kappa shape index (κ3) is 6.84. The third-order valence-corrected chi connectivity index (χ3v) is 7.98. The van der Waals surface area contributed by atoms with Crippen molar-refractivity contribution in [2.45, 2.75) is 43.7 Å². The van der Waals surface area contributed by atoms with Crippen molar-refractivity contribution in [3.05, 3.63) is 58.4 Å². The highest BCUT2D eigenvalue weighted by atomic mass is 35.5. The second-order valence-corrected chi connectivity index (χ2v) is 12.5. The Bertz CT molecular complexity index is 1360. The molecule has 1 amide bonds. The van der Waals surface area contributed by atoms with Gasteiger partial charge in [-0.15, -0.1) is 0 Å².